The molecule has 0 atom stereocenters. The van der Waals surface area contributed by atoms with Gasteiger partial charge in [-0.15, -0.1) is 11.8 Å². The number of benzene rings is 1. The van der Waals surface area contributed by atoms with Crippen LogP contribution in [0.4, 0.5) is 5.82 Å². The fourth-order valence-corrected chi connectivity index (χ4v) is 4.27. The van der Waals surface area contributed by atoms with Crippen molar-refractivity contribution in [2.24, 2.45) is 0 Å². The summed E-state index contributed by atoms with van der Waals surface area (Å²) in [5, 5.41) is 4.84. The Morgan fingerprint density at radius 2 is 2.04 bits per heavy atom. The molecular formula is C18H24N4OS. The number of likely N-dealkylation sites (tertiary alicyclic amines) is 1. The summed E-state index contributed by atoms with van der Waals surface area (Å²) in [5.41, 5.74) is 8.00. The van der Waals surface area contributed by atoms with Crippen molar-refractivity contribution in [3.63, 3.8) is 0 Å². The van der Waals surface area contributed by atoms with Crippen LogP contribution < -0.4 is 5.73 Å². The zero-order valence-electron chi connectivity index (χ0n) is 14.2. The van der Waals surface area contributed by atoms with Crippen LogP contribution >= 0.6 is 11.8 Å². The molecule has 0 unspecified atom stereocenters. The second-order valence-corrected chi connectivity index (χ2v) is 7.76. The molecule has 1 aromatic carbocycles. The van der Waals surface area contributed by atoms with Crippen LogP contribution in [0.25, 0.3) is 0 Å². The number of nitrogen functional groups attached to an aromatic ring is 1. The number of nitrogens with zero attached hydrogens (tertiary/aromatic N) is 3. The average molecular weight is 344 g/mol. The Bertz CT molecular complexity index is 720. The van der Waals surface area contributed by atoms with Crippen LogP contribution in [0.3, 0.4) is 0 Å². The highest BCUT2D eigenvalue weighted by molar-refractivity contribution is 8.00. The van der Waals surface area contributed by atoms with E-state index in [1.165, 1.54) is 10.5 Å². The van der Waals surface area contributed by atoms with Crippen LogP contribution in [0.2, 0.25) is 0 Å². The quantitative estimate of drug-likeness (QED) is 0.926. The zero-order chi connectivity index (χ0) is 17.1. The summed E-state index contributed by atoms with van der Waals surface area (Å²) in [6.45, 7) is 5.85. The average Bonchev–Trinajstić information content (AvgIpc) is 2.85. The van der Waals surface area contributed by atoms with E-state index >= 15 is 0 Å². The normalized spacial score (nSPS) is 15.7. The summed E-state index contributed by atoms with van der Waals surface area (Å²) in [4.78, 5) is 15.7. The van der Waals surface area contributed by atoms with E-state index in [1.807, 2.05) is 23.6 Å². The summed E-state index contributed by atoms with van der Waals surface area (Å²) in [7, 11) is 0. The van der Waals surface area contributed by atoms with Gasteiger partial charge in [-0.2, -0.15) is 5.10 Å². The topological polar surface area (TPSA) is 64.2 Å². The first-order chi connectivity index (χ1) is 11.5. The number of hydrogen-bond acceptors (Lipinski definition) is 4. The van der Waals surface area contributed by atoms with Crippen molar-refractivity contribution in [3.05, 3.63) is 41.6 Å². The molecule has 1 amide bonds. The third-order valence-electron chi connectivity index (χ3n) is 4.31. The van der Waals surface area contributed by atoms with Gasteiger partial charge in [-0.3, -0.25) is 4.79 Å². The lowest BCUT2D eigenvalue weighted by Crippen LogP contribution is -2.41. The van der Waals surface area contributed by atoms with Gasteiger partial charge in [0, 0.05) is 29.3 Å². The van der Waals surface area contributed by atoms with Gasteiger partial charge in [0.15, 0.2) is 0 Å². The minimum absolute atomic E-state index is 0.101. The van der Waals surface area contributed by atoms with Crippen LogP contribution in [0.5, 0.6) is 0 Å². The third kappa shape index (κ3) is 4.12. The minimum atomic E-state index is 0.101. The van der Waals surface area contributed by atoms with Crippen molar-refractivity contribution in [2.75, 3.05) is 18.8 Å². The van der Waals surface area contributed by atoms with Crippen LogP contribution in [-0.2, 0) is 11.3 Å². The molecule has 3 rings (SSSR count). The Balaban J connectivity index is 1.51. The van der Waals surface area contributed by atoms with Gasteiger partial charge in [0.1, 0.15) is 12.4 Å². The molecule has 0 spiro atoms. The summed E-state index contributed by atoms with van der Waals surface area (Å²) in [6, 6.07) is 10.4. The molecule has 2 heterocycles. The fourth-order valence-electron chi connectivity index (χ4n) is 3.02. The molecule has 2 aromatic rings. The number of thioether (sulfide) groups is 1. The predicted octanol–water partition coefficient (Wildman–Crippen LogP) is 2.87. The van der Waals surface area contributed by atoms with E-state index in [1.54, 1.807) is 10.7 Å². The Hall–Kier alpha value is -1.95. The Morgan fingerprint density at radius 1 is 1.29 bits per heavy atom. The van der Waals surface area contributed by atoms with E-state index in [2.05, 4.69) is 36.3 Å². The maximum atomic E-state index is 12.4. The van der Waals surface area contributed by atoms with Crippen molar-refractivity contribution >= 4 is 23.5 Å². The molecule has 5 nitrogen and oxygen atoms in total. The molecule has 6 heteroatoms. The number of aryl methyl sites for hydroxylation is 2. The highest BCUT2D eigenvalue weighted by atomic mass is 32.2. The molecule has 1 aliphatic heterocycles. The molecule has 0 bridgehead atoms. The lowest BCUT2D eigenvalue weighted by atomic mass is 10.1. The highest BCUT2D eigenvalue weighted by Gasteiger charge is 2.24. The SMILES string of the molecule is Cc1cccc(SC2CCN(C(=O)Cn3nc(C)cc3N)CC2)c1. The van der Waals surface area contributed by atoms with Gasteiger partial charge in [-0.1, -0.05) is 17.7 Å². The number of piperidine rings is 1. The van der Waals surface area contributed by atoms with E-state index in [4.69, 9.17) is 5.73 Å². The summed E-state index contributed by atoms with van der Waals surface area (Å²) in [6.07, 6.45) is 2.05. The number of carbonyl (C=O) groups excluding carboxylic acids is 1. The van der Waals surface area contributed by atoms with Crippen LogP contribution in [-0.4, -0.2) is 38.9 Å². The maximum absolute atomic E-state index is 12.4. The maximum Gasteiger partial charge on any atom is 0.244 e. The number of amides is 1. The van der Waals surface area contributed by atoms with Crippen molar-refractivity contribution < 1.29 is 4.79 Å². The van der Waals surface area contributed by atoms with Crippen LogP contribution in [0.1, 0.15) is 24.1 Å². The van der Waals surface area contributed by atoms with Crippen molar-refractivity contribution in [2.45, 2.75) is 43.4 Å². The number of carbonyl (C=O) groups is 1. The number of aromatic nitrogens is 2. The Morgan fingerprint density at radius 3 is 2.67 bits per heavy atom. The van der Waals surface area contributed by atoms with Gasteiger partial charge in [0.2, 0.25) is 5.91 Å². The number of nitrogens with two attached hydrogens (primary N) is 1. The fraction of sp³-hybridized carbons (Fsp3) is 0.444. The molecule has 1 aliphatic rings. The smallest absolute Gasteiger partial charge is 0.244 e. The van der Waals surface area contributed by atoms with E-state index in [-0.39, 0.29) is 12.5 Å². The molecule has 1 aromatic heterocycles. The van der Waals surface area contributed by atoms with Crippen molar-refractivity contribution in [1.29, 1.82) is 0 Å². The number of rotatable bonds is 4. The summed E-state index contributed by atoms with van der Waals surface area (Å²) in [5.74, 6) is 0.648. The third-order valence-corrected chi connectivity index (χ3v) is 5.64. The monoisotopic (exact) mass is 344 g/mol. The standard InChI is InChI=1S/C18H24N4OS/c1-13-4-3-5-16(10-13)24-15-6-8-21(9-7-15)18(23)12-22-17(19)11-14(2)20-22/h3-5,10-11,15H,6-9,12,19H2,1-2H3. The molecule has 1 saturated heterocycles. The highest BCUT2D eigenvalue weighted by Crippen LogP contribution is 2.30. The minimum Gasteiger partial charge on any atom is -0.384 e. The van der Waals surface area contributed by atoms with Crippen molar-refractivity contribution in [3.8, 4) is 0 Å². The van der Waals surface area contributed by atoms with E-state index < -0.39 is 0 Å². The molecule has 1 fully saturated rings. The molecule has 2 N–H and O–H groups in total. The second-order valence-electron chi connectivity index (χ2n) is 6.38. The first-order valence-electron chi connectivity index (χ1n) is 8.32. The van der Waals surface area contributed by atoms with E-state index in [9.17, 15) is 4.79 Å². The molecule has 128 valence electrons. The Kier molecular flexibility index (Phi) is 5.14. The van der Waals surface area contributed by atoms with Gasteiger partial charge in [0.25, 0.3) is 0 Å². The van der Waals surface area contributed by atoms with Crippen LogP contribution in [0, 0.1) is 13.8 Å². The zero-order valence-corrected chi connectivity index (χ0v) is 15.1. The number of anilines is 1. The van der Waals surface area contributed by atoms with Gasteiger partial charge in [-0.25, -0.2) is 4.68 Å². The molecule has 0 aliphatic carbocycles. The number of hydrogen-bond donors (Lipinski definition) is 1. The lowest BCUT2D eigenvalue weighted by Gasteiger charge is -2.31. The molecule has 0 saturated carbocycles. The second kappa shape index (κ2) is 7.30. The summed E-state index contributed by atoms with van der Waals surface area (Å²) < 4.78 is 1.59. The van der Waals surface area contributed by atoms with Gasteiger partial charge < -0.3 is 10.6 Å². The molecular weight excluding hydrogens is 320 g/mol. The first kappa shape index (κ1) is 16.9. The molecule has 24 heavy (non-hydrogen) atoms. The largest absolute Gasteiger partial charge is 0.384 e. The van der Waals surface area contributed by atoms with Crippen LogP contribution in [0.15, 0.2) is 35.2 Å². The lowest BCUT2D eigenvalue weighted by molar-refractivity contribution is -0.132. The first-order valence-corrected chi connectivity index (χ1v) is 9.20. The van der Waals surface area contributed by atoms with E-state index in [0.717, 1.165) is 31.6 Å². The molecule has 0 radical (unpaired) electrons. The van der Waals surface area contributed by atoms with Gasteiger partial charge in [0.05, 0.1) is 5.69 Å². The van der Waals surface area contributed by atoms with Gasteiger partial charge >= 0.3 is 0 Å². The van der Waals surface area contributed by atoms with Crippen molar-refractivity contribution in [1.82, 2.24) is 14.7 Å². The van der Waals surface area contributed by atoms with Gasteiger partial charge in [-0.05, 0) is 38.8 Å². The summed E-state index contributed by atoms with van der Waals surface area (Å²) >= 11 is 1.93. The Labute approximate surface area is 147 Å². The predicted molar refractivity (Wildman–Crippen MR) is 98.0 cm³/mol. The van der Waals surface area contributed by atoms with E-state index in [0.29, 0.717) is 11.1 Å².